The van der Waals surface area contributed by atoms with Gasteiger partial charge in [-0.3, -0.25) is 4.79 Å². The molecule has 4 heteroatoms. The molecule has 1 heterocycles. The minimum absolute atomic E-state index is 0.0666. The molecule has 1 unspecified atom stereocenters. The molecule has 0 radical (unpaired) electrons. The van der Waals surface area contributed by atoms with Crippen molar-refractivity contribution in [3.8, 4) is 0 Å². The molecule has 1 aliphatic rings. The fourth-order valence-corrected chi connectivity index (χ4v) is 3.03. The molecule has 21 heavy (non-hydrogen) atoms. The number of rotatable bonds is 1. The maximum atomic E-state index is 13.1. The molecule has 0 aliphatic carbocycles. The smallest absolute Gasteiger partial charge is 0.250 e. The summed E-state index contributed by atoms with van der Waals surface area (Å²) in [5, 5.41) is 12.0. The zero-order chi connectivity index (χ0) is 16.1. The first kappa shape index (κ1) is 16.0. The molecule has 0 saturated carbocycles. The lowest BCUT2D eigenvalue weighted by molar-refractivity contribution is -0.260. The summed E-state index contributed by atoms with van der Waals surface area (Å²) in [4.78, 5) is 15.0. The van der Waals surface area contributed by atoms with Crippen LogP contribution in [0.15, 0.2) is 30.3 Å². The third kappa shape index (κ3) is 2.47. The monoisotopic (exact) mass is 290 g/mol. The molecule has 1 amide bonds. The molecular formula is C17H26N2O2. The Balaban J connectivity index is 2.59. The van der Waals surface area contributed by atoms with E-state index in [-0.39, 0.29) is 11.4 Å². The number of carbonyl (C=O) groups excluding carboxylic acids is 1. The molecule has 1 fully saturated rings. The van der Waals surface area contributed by atoms with E-state index < -0.39 is 11.1 Å². The van der Waals surface area contributed by atoms with E-state index in [9.17, 15) is 10.0 Å². The van der Waals surface area contributed by atoms with Crippen LogP contribution in [0.25, 0.3) is 0 Å². The van der Waals surface area contributed by atoms with Crippen molar-refractivity contribution < 1.29 is 10.0 Å². The molecule has 1 N–H and O–H groups in total. The highest BCUT2D eigenvalue weighted by Gasteiger charge is 2.55. The SMILES string of the molecule is CC(C)(C)N1CC(C)(C)N(O)C(C)(c2ccccc2)C1=O. The van der Waals surface area contributed by atoms with Crippen LogP contribution in [-0.4, -0.2) is 38.7 Å². The summed E-state index contributed by atoms with van der Waals surface area (Å²) >= 11 is 0. The largest absolute Gasteiger partial charge is 0.334 e. The highest BCUT2D eigenvalue weighted by molar-refractivity contribution is 5.88. The Kier molecular flexibility index (Phi) is 3.67. The Bertz CT molecular complexity index is 533. The van der Waals surface area contributed by atoms with E-state index >= 15 is 0 Å². The molecule has 0 spiro atoms. The van der Waals surface area contributed by atoms with E-state index in [0.717, 1.165) is 5.56 Å². The summed E-state index contributed by atoms with van der Waals surface area (Å²) < 4.78 is 0. The Morgan fingerprint density at radius 3 is 2.10 bits per heavy atom. The molecule has 4 nitrogen and oxygen atoms in total. The third-order valence-electron chi connectivity index (χ3n) is 4.35. The zero-order valence-electron chi connectivity index (χ0n) is 13.8. The molecule has 1 aromatic carbocycles. The number of hydrogen-bond donors (Lipinski definition) is 1. The van der Waals surface area contributed by atoms with Crippen molar-refractivity contribution in [3.05, 3.63) is 35.9 Å². The fourth-order valence-electron chi connectivity index (χ4n) is 3.03. The van der Waals surface area contributed by atoms with E-state index in [0.29, 0.717) is 6.54 Å². The van der Waals surface area contributed by atoms with Gasteiger partial charge in [0.2, 0.25) is 5.91 Å². The van der Waals surface area contributed by atoms with Gasteiger partial charge in [0, 0.05) is 12.1 Å². The van der Waals surface area contributed by atoms with E-state index in [1.165, 1.54) is 5.06 Å². The summed E-state index contributed by atoms with van der Waals surface area (Å²) in [6, 6.07) is 9.48. The summed E-state index contributed by atoms with van der Waals surface area (Å²) in [6.45, 7) is 12.3. The van der Waals surface area contributed by atoms with Crippen LogP contribution in [-0.2, 0) is 10.3 Å². The van der Waals surface area contributed by atoms with E-state index in [4.69, 9.17) is 0 Å². The van der Waals surface area contributed by atoms with Crippen LogP contribution in [0.2, 0.25) is 0 Å². The van der Waals surface area contributed by atoms with Gasteiger partial charge in [-0.05, 0) is 47.1 Å². The van der Waals surface area contributed by atoms with Gasteiger partial charge in [-0.15, -0.1) is 0 Å². The second-order valence-corrected chi connectivity index (χ2v) is 7.62. The first-order chi connectivity index (χ1) is 9.51. The molecule has 0 bridgehead atoms. The number of nitrogens with zero attached hydrogens (tertiary/aromatic N) is 2. The second-order valence-electron chi connectivity index (χ2n) is 7.62. The molecule has 1 saturated heterocycles. The van der Waals surface area contributed by atoms with Crippen molar-refractivity contribution in [2.24, 2.45) is 0 Å². The van der Waals surface area contributed by atoms with Crippen molar-refractivity contribution in [2.45, 2.75) is 58.2 Å². The average Bonchev–Trinajstić information content (AvgIpc) is 2.41. The van der Waals surface area contributed by atoms with Crippen molar-refractivity contribution in [2.75, 3.05) is 6.54 Å². The normalized spacial score (nSPS) is 27.0. The Hall–Kier alpha value is -1.39. The standard InChI is InChI=1S/C17H26N2O2/c1-15(2,3)18-12-16(4,5)19(21)17(6,14(18)20)13-10-8-7-9-11-13/h7-11,21H,12H2,1-6H3. The first-order valence-corrected chi connectivity index (χ1v) is 7.38. The number of hydroxylamine groups is 2. The number of amides is 1. The maximum absolute atomic E-state index is 13.1. The van der Waals surface area contributed by atoms with Gasteiger partial charge < -0.3 is 10.1 Å². The molecule has 1 aliphatic heterocycles. The molecule has 116 valence electrons. The third-order valence-corrected chi connectivity index (χ3v) is 4.35. The Morgan fingerprint density at radius 2 is 1.62 bits per heavy atom. The molecule has 0 aromatic heterocycles. The van der Waals surface area contributed by atoms with Crippen LogP contribution >= 0.6 is 0 Å². The fraction of sp³-hybridized carbons (Fsp3) is 0.588. The van der Waals surface area contributed by atoms with Crippen LogP contribution in [0, 0.1) is 0 Å². The summed E-state index contributed by atoms with van der Waals surface area (Å²) in [5.41, 5.74) is -1.08. The second kappa shape index (κ2) is 4.82. The van der Waals surface area contributed by atoms with Gasteiger partial charge >= 0.3 is 0 Å². The number of piperazine rings is 1. The summed E-state index contributed by atoms with van der Waals surface area (Å²) in [5.74, 6) is -0.0666. The molecular weight excluding hydrogens is 264 g/mol. The minimum Gasteiger partial charge on any atom is -0.334 e. The number of benzene rings is 1. The predicted octanol–water partition coefficient (Wildman–Crippen LogP) is 3.01. The highest BCUT2D eigenvalue weighted by Crippen LogP contribution is 2.41. The maximum Gasteiger partial charge on any atom is 0.250 e. The molecule has 2 rings (SSSR count). The van der Waals surface area contributed by atoms with Gasteiger partial charge in [0.15, 0.2) is 0 Å². The van der Waals surface area contributed by atoms with Gasteiger partial charge in [-0.25, -0.2) is 0 Å². The van der Waals surface area contributed by atoms with Crippen molar-refractivity contribution in [3.63, 3.8) is 0 Å². The highest BCUT2D eigenvalue weighted by atomic mass is 16.5. The first-order valence-electron chi connectivity index (χ1n) is 7.38. The lowest BCUT2D eigenvalue weighted by Gasteiger charge is -2.56. The quantitative estimate of drug-likeness (QED) is 0.864. The van der Waals surface area contributed by atoms with Crippen LogP contribution in [0.3, 0.4) is 0 Å². The average molecular weight is 290 g/mol. The van der Waals surface area contributed by atoms with E-state index in [1.807, 2.05) is 69.9 Å². The van der Waals surface area contributed by atoms with Gasteiger partial charge in [0.25, 0.3) is 0 Å². The van der Waals surface area contributed by atoms with E-state index in [2.05, 4.69) is 0 Å². The minimum atomic E-state index is -1.07. The van der Waals surface area contributed by atoms with Crippen LogP contribution in [0.4, 0.5) is 0 Å². The summed E-state index contributed by atoms with van der Waals surface area (Å²) in [7, 11) is 0. The lowest BCUT2D eigenvalue weighted by Crippen LogP contribution is -2.72. The van der Waals surface area contributed by atoms with Gasteiger partial charge in [0.05, 0.1) is 5.54 Å². The Morgan fingerprint density at radius 1 is 1.10 bits per heavy atom. The van der Waals surface area contributed by atoms with Crippen LogP contribution in [0.5, 0.6) is 0 Å². The Labute approximate surface area is 127 Å². The topological polar surface area (TPSA) is 43.8 Å². The van der Waals surface area contributed by atoms with E-state index in [1.54, 1.807) is 6.92 Å². The van der Waals surface area contributed by atoms with Crippen LogP contribution in [0.1, 0.15) is 47.1 Å². The van der Waals surface area contributed by atoms with Crippen molar-refractivity contribution >= 4 is 5.91 Å². The molecule has 1 atom stereocenters. The van der Waals surface area contributed by atoms with Gasteiger partial charge in [0.1, 0.15) is 5.54 Å². The molecule has 1 aromatic rings. The van der Waals surface area contributed by atoms with Crippen molar-refractivity contribution in [1.29, 1.82) is 0 Å². The predicted molar refractivity (Wildman–Crippen MR) is 83.0 cm³/mol. The number of hydrogen-bond acceptors (Lipinski definition) is 3. The summed E-state index contributed by atoms with van der Waals surface area (Å²) in [6.07, 6.45) is 0. The van der Waals surface area contributed by atoms with Crippen LogP contribution < -0.4 is 0 Å². The lowest BCUT2D eigenvalue weighted by atomic mass is 9.81. The van der Waals surface area contributed by atoms with Gasteiger partial charge in [-0.2, -0.15) is 5.06 Å². The van der Waals surface area contributed by atoms with Gasteiger partial charge in [-0.1, -0.05) is 30.3 Å². The number of carbonyl (C=O) groups is 1. The zero-order valence-corrected chi connectivity index (χ0v) is 13.8. The van der Waals surface area contributed by atoms with Crippen molar-refractivity contribution in [1.82, 2.24) is 9.96 Å².